The molecular weight excluding hydrogens is 198 g/mol. The van der Waals surface area contributed by atoms with E-state index in [1.165, 1.54) is 4.57 Å². The number of aromatic nitrogens is 1. The second-order valence-corrected chi connectivity index (χ2v) is 3.80. The predicted molar refractivity (Wildman–Crippen MR) is 57.0 cm³/mol. The van der Waals surface area contributed by atoms with Gasteiger partial charge in [-0.25, -0.2) is 8.78 Å². The largest absolute Gasteiger partial charge is 0.397 e. The summed E-state index contributed by atoms with van der Waals surface area (Å²) in [6, 6.07) is 7.17. The first-order valence-corrected chi connectivity index (χ1v) is 4.68. The lowest BCUT2D eigenvalue weighted by Crippen LogP contribution is -2.18. The van der Waals surface area contributed by atoms with Gasteiger partial charge in [0, 0.05) is 18.5 Å². The minimum Gasteiger partial charge on any atom is -0.397 e. The standard InChI is InChI=1S/C11H12F2N2/c1-11(12,13)7-15-6-5-8-3-2-4-9(14)10(8)15/h2-6H,7,14H2,1H3. The van der Waals surface area contributed by atoms with E-state index in [0.717, 1.165) is 12.3 Å². The van der Waals surface area contributed by atoms with Crippen molar-refractivity contribution in [1.82, 2.24) is 4.57 Å². The Labute approximate surface area is 86.3 Å². The van der Waals surface area contributed by atoms with E-state index >= 15 is 0 Å². The maximum atomic E-state index is 12.9. The smallest absolute Gasteiger partial charge is 0.262 e. The van der Waals surface area contributed by atoms with Crippen molar-refractivity contribution in [3.8, 4) is 0 Å². The van der Waals surface area contributed by atoms with Crippen molar-refractivity contribution >= 4 is 16.6 Å². The van der Waals surface area contributed by atoms with Crippen molar-refractivity contribution in [2.45, 2.75) is 19.4 Å². The molecule has 0 aliphatic rings. The molecule has 2 nitrogen and oxygen atoms in total. The second-order valence-electron chi connectivity index (χ2n) is 3.80. The van der Waals surface area contributed by atoms with Crippen LogP contribution in [-0.4, -0.2) is 10.5 Å². The van der Waals surface area contributed by atoms with Crippen LogP contribution in [0.15, 0.2) is 30.5 Å². The summed E-state index contributed by atoms with van der Waals surface area (Å²) in [6.45, 7) is 0.558. The summed E-state index contributed by atoms with van der Waals surface area (Å²) in [5.41, 5.74) is 6.96. The third-order valence-corrected chi connectivity index (χ3v) is 2.27. The van der Waals surface area contributed by atoms with Crippen LogP contribution < -0.4 is 5.73 Å². The van der Waals surface area contributed by atoms with Crippen LogP contribution in [0.25, 0.3) is 10.9 Å². The van der Waals surface area contributed by atoms with Gasteiger partial charge in [0.1, 0.15) is 0 Å². The number of fused-ring (bicyclic) bond motifs is 1. The molecule has 0 radical (unpaired) electrons. The van der Waals surface area contributed by atoms with E-state index in [4.69, 9.17) is 5.73 Å². The molecule has 0 saturated carbocycles. The molecular formula is C11H12F2N2. The highest BCUT2D eigenvalue weighted by Crippen LogP contribution is 2.25. The number of benzene rings is 1. The fourth-order valence-corrected chi connectivity index (χ4v) is 1.72. The molecule has 4 heteroatoms. The summed E-state index contributed by atoms with van der Waals surface area (Å²) in [7, 11) is 0. The highest BCUT2D eigenvalue weighted by molar-refractivity contribution is 5.90. The summed E-state index contributed by atoms with van der Waals surface area (Å²) in [4.78, 5) is 0. The van der Waals surface area contributed by atoms with Crippen molar-refractivity contribution in [3.05, 3.63) is 30.5 Å². The Balaban J connectivity index is 2.53. The summed E-state index contributed by atoms with van der Waals surface area (Å²) < 4.78 is 27.3. The van der Waals surface area contributed by atoms with Crippen LogP contribution in [0.5, 0.6) is 0 Å². The van der Waals surface area contributed by atoms with Gasteiger partial charge in [-0.2, -0.15) is 0 Å². The Bertz CT molecular complexity index is 483. The van der Waals surface area contributed by atoms with Crippen LogP contribution in [0.1, 0.15) is 6.92 Å². The number of alkyl halides is 2. The molecule has 0 amide bonds. The highest BCUT2D eigenvalue weighted by atomic mass is 19.3. The fraction of sp³-hybridized carbons (Fsp3) is 0.273. The minimum atomic E-state index is -2.73. The zero-order valence-electron chi connectivity index (χ0n) is 8.37. The zero-order chi connectivity index (χ0) is 11.1. The molecule has 0 atom stereocenters. The van der Waals surface area contributed by atoms with E-state index in [9.17, 15) is 8.78 Å². The highest BCUT2D eigenvalue weighted by Gasteiger charge is 2.22. The van der Waals surface area contributed by atoms with E-state index < -0.39 is 5.92 Å². The maximum Gasteiger partial charge on any atom is 0.262 e. The predicted octanol–water partition coefficient (Wildman–Crippen LogP) is 2.88. The average molecular weight is 210 g/mol. The Kier molecular flexibility index (Phi) is 2.14. The Morgan fingerprint density at radius 3 is 2.73 bits per heavy atom. The molecule has 0 aliphatic heterocycles. The molecule has 80 valence electrons. The number of hydrogen-bond acceptors (Lipinski definition) is 1. The molecule has 0 fully saturated rings. The van der Waals surface area contributed by atoms with E-state index in [1.807, 2.05) is 12.1 Å². The fourth-order valence-electron chi connectivity index (χ4n) is 1.72. The van der Waals surface area contributed by atoms with E-state index in [0.29, 0.717) is 11.2 Å². The van der Waals surface area contributed by atoms with Crippen molar-refractivity contribution in [3.63, 3.8) is 0 Å². The van der Waals surface area contributed by atoms with Crippen molar-refractivity contribution in [2.24, 2.45) is 0 Å². The molecule has 0 saturated heterocycles. The van der Waals surface area contributed by atoms with Crippen LogP contribution in [0.3, 0.4) is 0 Å². The molecule has 2 rings (SSSR count). The lowest BCUT2D eigenvalue weighted by Gasteiger charge is -2.13. The number of nitrogens with zero attached hydrogens (tertiary/aromatic N) is 1. The van der Waals surface area contributed by atoms with Gasteiger partial charge in [0.2, 0.25) is 0 Å². The van der Waals surface area contributed by atoms with Crippen LogP contribution in [-0.2, 0) is 6.54 Å². The topological polar surface area (TPSA) is 30.9 Å². The summed E-state index contributed by atoms with van der Waals surface area (Å²) in [5.74, 6) is -2.73. The summed E-state index contributed by atoms with van der Waals surface area (Å²) >= 11 is 0. The number of rotatable bonds is 2. The number of para-hydroxylation sites is 1. The van der Waals surface area contributed by atoms with Gasteiger partial charge >= 0.3 is 0 Å². The third kappa shape index (κ3) is 1.93. The average Bonchev–Trinajstić information content (AvgIpc) is 2.47. The first kappa shape index (κ1) is 9.96. The third-order valence-electron chi connectivity index (χ3n) is 2.27. The minimum absolute atomic E-state index is 0.343. The molecule has 2 N–H and O–H groups in total. The first-order valence-electron chi connectivity index (χ1n) is 4.68. The van der Waals surface area contributed by atoms with Gasteiger partial charge in [-0.3, -0.25) is 0 Å². The van der Waals surface area contributed by atoms with Gasteiger partial charge in [-0.05, 0) is 12.1 Å². The van der Waals surface area contributed by atoms with E-state index in [-0.39, 0.29) is 6.54 Å². The number of halogens is 2. The van der Waals surface area contributed by atoms with Gasteiger partial charge < -0.3 is 10.3 Å². The number of anilines is 1. The van der Waals surface area contributed by atoms with Crippen LogP contribution in [0.4, 0.5) is 14.5 Å². The van der Waals surface area contributed by atoms with Gasteiger partial charge in [0.25, 0.3) is 5.92 Å². The van der Waals surface area contributed by atoms with Crippen LogP contribution in [0.2, 0.25) is 0 Å². The molecule has 1 aromatic heterocycles. The first-order chi connectivity index (χ1) is 6.97. The van der Waals surface area contributed by atoms with Gasteiger partial charge in [0.15, 0.2) is 0 Å². The molecule has 1 heterocycles. The van der Waals surface area contributed by atoms with Gasteiger partial charge in [0.05, 0.1) is 17.7 Å². The Hall–Kier alpha value is -1.58. The number of nitrogen functional groups attached to an aromatic ring is 1. The van der Waals surface area contributed by atoms with E-state index in [1.54, 1.807) is 18.3 Å². The lowest BCUT2D eigenvalue weighted by molar-refractivity contribution is 0.00513. The molecule has 15 heavy (non-hydrogen) atoms. The summed E-state index contributed by atoms with van der Waals surface area (Å²) in [5, 5.41) is 0.888. The molecule has 0 bridgehead atoms. The Morgan fingerprint density at radius 2 is 2.07 bits per heavy atom. The maximum absolute atomic E-state index is 12.9. The second kappa shape index (κ2) is 3.22. The summed E-state index contributed by atoms with van der Waals surface area (Å²) in [6.07, 6.45) is 1.64. The van der Waals surface area contributed by atoms with Crippen molar-refractivity contribution in [1.29, 1.82) is 0 Å². The van der Waals surface area contributed by atoms with E-state index in [2.05, 4.69) is 0 Å². The monoisotopic (exact) mass is 210 g/mol. The lowest BCUT2D eigenvalue weighted by atomic mass is 10.2. The van der Waals surface area contributed by atoms with Crippen molar-refractivity contribution < 1.29 is 8.78 Å². The van der Waals surface area contributed by atoms with Gasteiger partial charge in [-0.15, -0.1) is 0 Å². The molecule has 2 aromatic rings. The normalized spacial score (nSPS) is 12.2. The number of hydrogen-bond donors (Lipinski definition) is 1. The zero-order valence-corrected chi connectivity index (χ0v) is 8.37. The number of nitrogens with two attached hydrogens (primary N) is 1. The molecule has 0 spiro atoms. The quantitative estimate of drug-likeness (QED) is 0.759. The molecule has 0 unspecified atom stereocenters. The van der Waals surface area contributed by atoms with Crippen LogP contribution in [0, 0.1) is 0 Å². The molecule has 0 aliphatic carbocycles. The van der Waals surface area contributed by atoms with Crippen LogP contribution >= 0.6 is 0 Å². The SMILES string of the molecule is CC(F)(F)Cn1ccc2cccc(N)c21. The molecule has 1 aromatic carbocycles. The van der Waals surface area contributed by atoms with Gasteiger partial charge in [-0.1, -0.05) is 12.1 Å². The Morgan fingerprint density at radius 1 is 1.33 bits per heavy atom. The van der Waals surface area contributed by atoms with Crippen molar-refractivity contribution in [2.75, 3.05) is 5.73 Å².